The van der Waals surface area contributed by atoms with E-state index in [2.05, 4.69) is 12.2 Å². The van der Waals surface area contributed by atoms with Gasteiger partial charge in [0.2, 0.25) is 10.0 Å². The molecule has 2 aliphatic carbocycles. The van der Waals surface area contributed by atoms with Gasteiger partial charge in [-0.25, -0.2) is 13.6 Å². The van der Waals surface area contributed by atoms with Crippen LogP contribution in [0, 0.1) is 5.92 Å². The van der Waals surface area contributed by atoms with Crippen molar-refractivity contribution in [2.45, 2.75) is 56.0 Å². The van der Waals surface area contributed by atoms with Crippen LogP contribution in [0.1, 0.15) is 55.6 Å². The van der Waals surface area contributed by atoms with Gasteiger partial charge in [0.15, 0.2) is 0 Å². The molecule has 2 unspecified atom stereocenters. The molecule has 2 fully saturated rings. The highest BCUT2D eigenvalue weighted by Crippen LogP contribution is 2.38. The standard InChI is InChI=1S/C14H21N3O3S/c1-2-3-9-6-12(9)16-14(18)13-7-11(21(15,19)20)8-17(13)10-4-5-10/h7-10,12H,2-6H2,1H3,(H,16,18)(H2,15,19,20). The molecule has 0 spiro atoms. The second-order valence-corrected chi connectivity index (χ2v) is 7.67. The molecule has 0 aliphatic heterocycles. The van der Waals surface area contributed by atoms with Gasteiger partial charge in [-0.05, 0) is 37.7 Å². The van der Waals surface area contributed by atoms with Crippen molar-refractivity contribution in [1.29, 1.82) is 0 Å². The van der Waals surface area contributed by atoms with E-state index in [1.54, 1.807) is 4.57 Å². The van der Waals surface area contributed by atoms with Gasteiger partial charge in [0.25, 0.3) is 5.91 Å². The molecule has 6 nitrogen and oxygen atoms in total. The maximum atomic E-state index is 12.4. The number of rotatable bonds is 6. The Morgan fingerprint density at radius 1 is 1.48 bits per heavy atom. The maximum Gasteiger partial charge on any atom is 0.268 e. The molecule has 1 aromatic rings. The van der Waals surface area contributed by atoms with Crippen molar-refractivity contribution in [2.24, 2.45) is 11.1 Å². The van der Waals surface area contributed by atoms with E-state index < -0.39 is 10.0 Å². The third-order valence-electron chi connectivity index (χ3n) is 4.22. The van der Waals surface area contributed by atoms with E-state index in [-0.39, 0.29) is 22.9 Å². The summed E-state index contributed by atoms with van der Waals surface area (Å²) in [6.45, 7) is 2.13. The number of aromatic nitrogens is 1. The summed E-state index contributed by atoms with van der Waals surface area (Å²) >= 11 is 0. The highest BCUT2D eigenvalue weighted by Gasteiger charge is 2.38. The first-order valence-electron chi connectivity index (χ1n) is 7.45. The average molecular weight is 311 g/mol. The van der Waals surface area contributed by atoms with Crippen molar-refractivity contribution in [3.8, 4) is 0 Å². The lowest BCUT2D eigenvalue weighted by atomic mass is 10.2. The lowest BCUT2D eigenvalue weighted by molar-refractivity contribution is 0.0939. The molecule has 1 amide bonds. The molecule has 0 saturated heterocycles. The summed E-state index contributed by atoms with van der Waals surface area (Å²) in [6.07, 6.45) is 6.69. The zero-order valence-electron chi connectivity index (χ0n) is 12.1. The highest BCUT2D eigenvalue weighted by atomic mass is 32.2. The van der Waals surface area contributed by atoms with E-state index in [1.807, 2.05) is 0 Å². The maximum absolute atomic E-state index is 12.4. The molecular formula is C14H21N3O3S. The molecular weight excluding hydrogens is 290 g/mol. The summed E-state index contributed by atoms with van der Waals surface area (Å²) in [6, 6.07) is 1.85. The predicted molar refractivity (Wildman–Crippen MR) is 78.3 cm³/mol. The van der Waals surface area contributed by atoms with Crippen molar-refractivity contribution < 1.29 is 13.2 Å². The van der Waals surface area contributed by atoms with Crippen LogP contribution in [0.15, 0.2) is 17.2 Å². The van der Waals surface area contributed by atoms with E-state index in [1.165, 1.54) is 12.3 Å². The molecule has 2 aliphatic rings. The number of carbonyl (C=O) groups is 1. The SMILES string of the molecule is CCCC1CC1NC(=O)c1cc(S(N)(=O)=O)cn1C1CC1. The molecule has 0 radical (unpaired) electrons. The van der Waals surface area contributed by atoms with Crippen molar-refractivity contribution in [3.05, 3.63) is 18.0 Å². The van der Waals surface area contributed by atoms with Gasteiger partial charge in [-0.15, -0.1) is 0 Å². The number of sulfonamides is 1. The Hall–Kier alpha value is -1.34. The molecule has 3 rings (SSSR count). The Morgan fingerprint density at radius 3 is 2.76 bits per heavy atom. The minimum Gasteiger partial charge on any atom is -0.348 e. The fourth-order valence-electron chi connectivity index (χ4n) is 2.80. The van der Waals surface area contributed by atoms with E-state index in [0.29, 0.717) is 11.6 Å². The van der Waals surface area contributed by atoms with Crippen LogP contribution in [0.25, 0.3) is 0 Å². The lowest BCUT2D eigenvalue weighted by Crippen LogP contribution is -2.28. The summed E-state index contributed by atoms with van der Waals surface area (Å²) in [5.41, 5.74) is 0.406. The minimum absolute atomic E-state index is 0.0143. The third-order valence-corrected chi connectivity index (χ3v) is 5.10. The van der Waals surface area contributed by atoms with Gasteiger partial charge >= 0.3 is 0 Å². The Labute approximate surface area is 124 Å². The fourth-order valence-corrected chi connectivity index (χ4v) is 3.34. The number of nitrogens with one attached hydrogen (secondary N) is 1. The quantitative estimate of drug-likeness (QED) is 0.831. The van der Waals surface area contributed by atoms with Crippen LogP contribution in [0.5, 0.6) is 0 Å². The van der Waals surface area contributed by atoms with Gasteiger partial charge in [0.05, 0.1) is 0 Å². The van der Waals surface area contributed by atoms with Crippen LogP contribution in [-0.2, 0) is 10.0 Å². The second kappa shape index (κ2) is 5.14. The molecule has 1 heterocycles. The Balaban J connectivity index is 1.77. The lowest BCUT2D eigenvalue weighted by Gasteiger charge is -2.08. The van der Waals surface area contributed by atoms with Crippen molar-refractivity contribution in [2.75, 3.05) is 0 Å². The van der Waals surface area contributed by atoms with Crippen LogP contribution in [0.2, 0.25) is 0 Å². The number of hydrogen-bond donors (Lipinski definition) is 2. The van der Waals surface area contributed by atoms with Gasteiger partial charge in [0, 0.05) is 18.3 Å². The molecule has 0 bridgehead atoms. The smallest absolute Gasteiger partial charge is 0.268 e. The molecule has 21 heavy (non-hydrogen) atoms. The number of nitrogens with zero attached hydrogens (tertiary/aromatic N) is 1. The number of amides is 1. The number of hydrogen-bond acceptors (Lipinski definition) is 3. The van der Waals surface area contributed by atoms with Gasteiger partial charge in [-0.2, -0.15) is 0 Å². The van der Waals surface area contributed by atoms with Gasteiger partial charge in [0.1, 0.15) is 10.6 Å². The first-order valence-corrected chi connectivity index (χ1v) is 9.00. The topological polar surface area (TPSA) is 94.2 Å². The molecule has 2 saturated carbocycles. The van der Waals surface area contributed by atoms with E-state index in [0.717, 1.165) is 32.1 Å². The normalized spacial score (nSPS) is 24.9. The molecule has 116 valence electrons. The van der Waals surface area contributed by atoms with Crippen LogP contribution in [0.4, 0.5) is 0 Å². The summed E-state index contributed by atoms with van der Waals surface area (Å²) in [4.78, 5) is 12.4. The van der Waals surface area contributed by atoms with Gasteiger partial charge < -0.3 is 9.88 Å². The summed E-state index contributed by atoms with van der Waals surface area (Å²) in [5.74, 6) is 0.376. The van der Waals surface area contributed by atoms with Crippen molar-refractivity contribution >= 4 is 15.9 Å². The molecule has 7 heteroatoms. The van der Waals surface area contributed by atoms with Crippen LogP contribution >= 0.6 is 0 Å². The fraction of sp³-hybridized carbons (Fsp3) is 0.643. The Bertz CT molecular complexity index is 661. The minimum atomic E-state index is -3.78. The van der Waals surface area contributed by atoms with E-state index in [9.17, 15) is 13.2 Å². The van der Waals surface area contributed by atoms with Crippen molar-refractivity contribution in [3.63, 3.8) is 0 Å². The van der Waals surface area contributed by atoms with E-state index in [4.69, 9.17) is 5.14 Å². The highest BCUT2D eigenvalue weighted by molar-refractivity contribution is 7.89. The molecule has 3 N–H and O–H groups in total. The first kappa shape index (κ1) is 14.6. The Morgan fingerprint density at radius 2 is 2.19 bits per heavy atom. The first-order chi connectivity index (χ1) is 9.90. The number of carbonyl (C=O) groups excluding carboxylic acids is 1. The summed E-state index contributed by atoms with van der Waals surface area (Å²) in [5, 5.41) is 8.16. The summed E-state index contributed by atoms with van der Waals surface area (Å²) < 4.78 is 24.7. The van der Waals surface area contributed by atoms with Crippen LogP contribution in [-0.4, -0.2) is 24.9 Å². The molecule has 2 atom stereocenters. The van der Waals surface area contributed by atoms with Crippen LogP contribution in [0.3, 0.4) is 0 Å². The Kier molecular flexibility index (Phi) is 3.57. The number of primary sulfonamides is 1. The zero-order chi connectivity index (χ0) is 15.2. The largest absolute Gasteiger partial charge is 0.348 e. The number of nitrogens with two attached hydrogens (primary N) is 1. The molecule has 1 aromatic heterocycles. The van der Waals surface area contributed by atoms with Crippen LogP contribution < -0.4 is 10.5 Å². The third kappa shape index (κ3) is 3.13. The monoisotopic (exact) mass is 311 g/mol. The van der Waals surface area contributed by atoms with Gasteiger partial charge in [-0.3, -0.25) is 4.79 Å². The second-order valence-electron chi connectivity index (χ2n) is 6.11. The molecule has 0 aromatic carbocycles. The predicted octanol–water partition coefficient (Wildman–Crippen LogP) is 1.39. The van der Waals surface area contributed by atoms with Gasteiger partial charge in [-0.1, -0.05) is 13.3 Å². The summed E-state index contributed by atoms with van der Waals surface area (Å²) in [7, 11) is -3.78. The van der Waals surface area contributed by atoms with E-state index >= 15 is 0 Å². The van der Waals surface area contributed by atoms with Crippen molar-refractivity contribution in [1.82, 2.24) is 9.88 Å². The average Bonchev–Trinajstić information content (AvgIpc) is 3.30. The zero-order valence-corrected chi connectivity index (χ0v) is 12.9.